The summed E-state index contributed by atoms with van der Waals surface area (Å²) in [5.41, 5.74) is -0.102. The number of hydrogen-bond acceptors (Lipinski definition) is 5. The van der Waals surface area contributed by atoms with Gasteiger partial charge in [0, 0.05) is 25.7 Å². The van der Waals surface area contributed by atoms with Crippen molar-refractivity contribution in [2.75, 3.05) is 38.4 Å². The van der Waals surface area contributed by atoms with Gasteiger partial charge in [0.2, 0.25) is 0 Å². The molecular weight excluding hydrogens is 278 g/mol. The van der Waals surface area contributed by atoms with Gasteiger partial charge in [-0.05, 0) is 38.1 Å². The minimum Gasteiger partial charge on any atom is -0.378 e. The quantitative estimate of drug-likeness (QED) is 0.827. The Morgan fingerprint density at radius 1 is 1.25 bits per heavy atom. The van der Waals surface area contributed by atoms with E-state index in [-0.39, 0.29) is 17.6 Å². The number of sulfone groups is 1. The van der Waals surface area contributed by atoms with Gasteiger partial charge in [-0.15, -0.1) is 0 Å². The Morgan fingerprint density at radius 2 is 2.10 bits per heavy atom. The molecule has 6 heteroatoms. The van der Waals surface area contributed by atoms with Crippen LogP contribution in [-0.2, 0) is 19.3 Å². The highest BCUT2D eigenvalue weighted by molar-refractivity contribution is 7.91. The van der Waals surface area contributed by atoms with Gasteiger partial charge in [0.25, 0.3) is 0 Å². The minimum absolute atomic E-state index is 0.102. The molecule has 0 bridgehead atoms. The zero-order chi connectivity index (χ0) is 14.2. The molecule has 3 saturated heterocycles. The van der Waals surface area contributed by atoms with E-state index in [9.17, 15) is 8.42 Å². The molecule has 0 aromatic rings. The standard InChI is InChI=1S/C14H25NO4S/c1-15-13(12-3-7-20(16,17)9-12)11-2-5-19-14(8-11)4-6-18-10-14/h11-13,15H,2-10H2,1H3. The van der Waals surface area contributed by atoms with Crippen LogP contribution in [0.3, 0.4) is 0 Å². The molecule has 0 aliphatic carbocycles. The summed E-state index contributed by atoms with van der Waals surface area (Å²) < 4.78 is 34.9. The van der Waals surface area contributed by atoms with E-state index in [2.05, 4.69) is 5.32 Å². The van der Waals surface area contributed by atoms with E-state index in [4.69, 9.17) is 9.47 Å². The van der Waals surface area contributed by atoms with E-state index in [1.807, 2.05) is 7.05 Å². The van der Waals surface area contributed by atoms with Crippen LogP contribution in [0.2, 0.25) is 0 Å². The van der Waals surface area contributed by atoms with Crippen molar-refractivity contribution in [1.82, 2.24) is 5.32 Å². The lowest BCUT2D eigenvalue weighted by Gasteiger charge is -2.41. The second-order valence-corrected chi connectivity index (χ2v) is 8.79. The molecule has 1 N–H and O–H groups in total. The SMILES string of the molecule is CNC(C1CCOC2(CCOC2)C1)C1CCS(=O)(=O)C1. The summed E-state index contributed by atoms with van der Waals surface area (Å²) in [7, 11) is -0.852. The Balaban J connectivity index is 1.69. The molecule has 0 radical (unpaired) electrons. The minimum atomic E-state index is -2.81. The Morgan fingerprint density at radius 3 is 2.70 bits per heavy atom. The molecule has 3 heterocycles. The molecule has 3 aliphatic rings. The van der Waals surface area contributed by atoms with Crippen LogP contribution in [0.25, 0.3) is 0 Å². The summed E-state index contributed by atoms with van der Waals surface area (Å²) in [4.78, 5) is 0. The lowest BCUT2D eigenvalue weighted by Crippen LogP contribution is -2.49. The highest BCUT2D eigenvalue weighted by atomic mass is 32.2. The van der Waals surface area contributed by atoms with Crippen molar-refractivity contribution in [2.24, 2.45) is 11.8 Å². The van der Waals surface area contributed by atoms with Gasteiger partial charge < -0.3 is 14.8 Å². The monoisotopic (exact) mass is 303 g/mol. The highest BCUT2D eigenvalue weighted by Gasteiger charge is 2.45. The lowest BCUT2D eigenvalue weighted by molar-refractivity contribution is -0.105. The van der Waals surface area contributed by atoms with Crippen molar-refractivity contribution in [1.29, 1.82) is 0 Å². The number of nitrogens with one attached hydrogen (secondary N) is 1. The topological polar surface area (TPSA) is 64.6 Å². The third-order valence-electron chi connectivity index (χ3n) is 5.21. The van der Waals surface area contributed by atoms with E-state index in [0.29, 0.717) is 24.0 Å². The van der Waals surface area contributed by atoms with E-state index in [1.165, 1.54) is 0 Å². The van der Waals surface area contributed by atoms with Crippen LogP contribution < -0.4 is 5.32 Å². The zero-order valence-corrected chi connectivity index (χ0v) is 13.0. The van der Waals surface area contributed by atoms with Crippen LogP contribution >= 0.6 is 0 Å². The summed E-state index contributed by atoms with van der Waals surface area (Å²) in [5.74, 6) is 1.45. The first-order valence-electron chi connectivity index (χ1n) is 7.63. The molecule has 3 fully saturated rings. The molecule has 0 saturated carbocycles. The molecule has 0 amide bonds. The third kappa shape index (κ3) is 2.89. The fraction of sp³-hybridized carbons (Fsp3) is 1.00. The van der Waals surface area contributed by atoms with Crippen molar-refractivity contribution < 1.29 is 17.9 Å². The molecule has 5 nitrogen and oxygen atoms in total. The molecular formula is C14H25NO4S. The van der Waals surface area contributed by atoms with E-state index < -0.39 is 9.84 Å². The summed E-state index contributed by atoms with van der Waals surface area (Å²) >= 11 is 0. The van der Waals surface area contributed by atoms with Gasteiger partial charge in [0.15, 0.2) is 9.84 Å². The first-order chi connectivity index (χ1) is 9.54. The summed E-state index contributed by atoms with van der Waals surface area (Å²) in [6.07, 6.45) is 3.79. The smallest absolute Gasteiger partial charge is 0.150 e. The molecule has 4 unspecified atom stereocenters. The summed E-state index contributed by atoms with van der Waals surface area (Å²) in [5, 5.41) is 3.40. The van der Waals surface area contributed by atoms with Crippen LogP contribution in [0.5, 0.6) is 0 Å². The van der Waals surface area contributed by atoms with Crippen LogP contribution in [-0.4, -0.2) is 58.4 Å². The maximum atomic E-state index is 11.7. The molecule has 3 aliphatic heterocycles. The van der Waals surface area contributed by atoms with Gasteiger partial charge >= 0.3 is 0 Å². The molecule has 20 heavy (non-hydrogen) atoms. The second kappa shape index (κ2) is 5.55. The number of hydrogen-bond donors (Lipinski definition) is 1. The van der Waals surface area contributed by atoms with Crippen molar-refractivity contribution in [2.45, 2.75) is 37.3 Å². The molecule has 4 atom stereocenters. The van der Waals surface area contributed by atoms with E-state index >= 15 is 0 Å². The Labute approximate surface area is 121 Å². The lowest BCUT2D eigenvalue weighted by atomic mass is 9.77. The first kappa shape index (κ1) is 14.8. The van der Waals surface area contributed by atoms with Crippen LogP contribution in [0, 0.1) is 11.8 Å². The zero-order valence-electron chi connectivity index (χ0n) is 12.1. The fourth-order valence-corrected chi connectivity index (χ4v) is 6.05. The molecule has 0 aromatic carbocycles. The first-order valence-corrected chi connectivity index (χ1v) is 9.45. The summed E-state index contributed by atoms with van der Waals surface area (Å²) in [6, 6.07) is 0.286. The Kier molecular flexibility index (Phi) is 4.10. The number of ether oxygens (including phenoxy) is 2. The molecule has 0 aromatic heterocycles. The summed E-state index contributed by atoms with van der Waals surface area (Å²) in [6.45, 7) is 2.25. The van der Waals surface area contributed by atoms with Crippen molar-refractivity contribution in [3.63, 3.8) is 0 Å². The van der Waals surface area contributed by atoms with Crippen molar-refractivity contribution in [3.05, 3.63) is 0 Å². The maximum absolute atomic E-state index is 11.7. The predicted octanol–water partition coefficient (Wildman–Crippen LogP) is 0.595. The maximum Gasteiger partial charge on any atom is 0.150 e. The van der Waals surface area contributed by atoms with Crippen LogP contribution in [0.1, 0.15) is 25.7 Å². The normalized spacial score (nSPS) is 42.0. The third-order valence-corrected chi connectivity index (χ3v) is 7.01. The second-order valence-electron chi connectivity index (χ2n) is 6.56. The average Bonchev–Trinajstić information content (AvgIpc) is 2.98. The van der Waals surface area contributed by atoms with Crippen LogP contribution in [0.15, 0.2) is 0 Å². The van der Waals surface area contributed by atoms with E-state index in [1.54, 1.807) is 0 Å². The molecule has 116 valence electrons. The van der Waals surface area contributed by atoms with E-state index in [0.717, 1.165) is 38.9 Å². The van der Waals surface area contributed by atoms with Gasteiger partial charge in [-0.3, -0.25) is 0 Å². The Bertz CT molecular complexity index is 444. The predicted molar refractivity (Wildman–Crippen MR) is 76.5 cm³/mol. The fourth-order valence-electron chi connectivity index (χ4n) is 4.20. The van der Waals surface area contributed by atoms with Gasteiger partial charge in [-0.25, -0.2) is 8.42 Å². The van der Waals surface area contributed by atoms with Gasteiger partial charge in [0.05, 0.1) is 23.7 Å². The van der Waals surface area contributed by atoms with Crippen molar-refractivity contribution in [3.8, 4) is 0 Å². The largest absolute Gasteiger partial charge is 0.378 e. The van der Waals surface area contributed by atoms with Crippen molar-refractivity contribution >= 4 is 9.84 Å². The Hall–Kier alpha value is -0.170. The average molecular weight is 303 g/mol. The van der Waals surface area contributed by atoms with Crippen LogP contribution in [0.4, 0.5) is 0 Å². The molecule has 3 rings (SSSR count). The molecule has 1 spiro atoms. The van der Waals surface area contributed by atoms with Gasteiger partial charge in [0.1, 0.15) is 0 Å². The van der Waals surface area contributed by atoms with Gasteiger partial charge in [-0.1, -0.05) is 0 Å². The highest BCUT2D eigenvalue weighted by Crippen LogP contribution is 2.39. The van der Waals surface area contributed by atoms with Gasteiger partial charge in [-0.2, -0.15) is 0 Å². The number of rotatable bonds is 3.